The van der Waals surface area contributed by atoms with Crippen LogP contribution in [0.5, 0.6) is 5.75 Å². The highest BCUT2D eigenvalue weighted by Gasteiger charge is 2.26. The molecule has 0 aromatic heterocycles. The predicted molar refractivity (Wildman–Crippen MR) is 76.5 cm³/mol. The van der Waals surface area contributed by atoms with Crippen LogP contribution in [-0.4, -0.2) is 17.9 Å². The van der Waals surface area contributed by atoms with E-state index in [0.717, 1.165) is 5.56 Å². The van der Waals surface area contributed by atoms with Gasteiger partial charge in [-0.2, -0.15) is 0 Å². The largest absolute Gasteiger partial charge is 0.478 e. The molecule has 106 valence electrons. The second-order valence-electron chi connectivity index (χ2n) is 4.69. The average molecular weight is 274 g/mol. The van der Waals surface area contributed by atoms with Gasteiger partial charge in [0.15, 0.2) is 6.10 Å². The van der Waals surface area contributed by atoms with Crippen molar-refractivity contribution in [2.75, 3.05) is 5.32 Å². The SMILES string of the molecule is C=CC(=O)N[C@@H](C)c1ccc2c(c1)O[C@H](CC)C(=O)N2. The molecular weight excluding hydrogens is 256 g/mol. The number of hydrogen-bond donors (Lipinski definition) is 2. The smallest absolute Gasteiger partial charge is 0.265 e. The Morgan fingerprint density at radius 1 is 1.60 bits per heavy atom. The van der Waals surface area contributed by atoms with Crippen LogP contribution in [0.3, 0.4) is 0 Å². The highest BCUT2D eigenvalue weighted by molar-refractivity contribution is 5.97. The fourth-order valence-electron chi connectivity index (χ4n) is 2.05. The summed E-state index contributed by atoms with van der Waals surface area (Å²) < 4.78 is 5.67. The Balaban J connectivity index is 2.21. The molecule has 0 saturated carbocycles. The summed E-state index contributed by atoms with van der Waals surface area (Å²) in [6, 6.07) is 5.31. The van der Waals surface area contributed by atoms with E-state index in [-0.39, 0.29) is 17.9 Å². The molecule has 2 N–H and O–H groups in total. The third-order valence-corrected chi connectivity index (χ3v) is 3.24. The third kappa shape index (κ3) is 2.82. The molecule has 5 nitrogen and oxygen atoms in total. The van der Waals surface area contributed by atoms with E-state index in [1.807, 2.05) is 26.0 Å². The lowest BCUT2D eigenvalue weighted by Gasteiger charge is -2.26. The van der Waals surface area contributed by atoms with Crippen molar-refractivity contribution in [3.05, 3.63) is 36.4 Å². The fourth-order valence-corrected chi connectivity index (χ4v) is 2.05. The van der Waals surface area contributed by atoms with E-state index in [2.05, 4.69) is 17.2 Å². The molecule has 2 amide bonds. The van der Waals surface area contributed by atoms with Crippen LogP contribution in [0, 0.1) is 0 Å². The Morgan fingerprint density at radius 2 is 2.35 bits per heavy atom. The Morgan fingerprint density at radius 3 is 3.00 bits per heavy atom. The number of ether oxygens (including phenoxy) is 1. The molecule has 0 unspecified atom stereocenters. The lowest BCUT2D eigenvalue weighted by molar-refractivity contribution is -0.123. The number of carbonyl (C=O) groups is 2. The van der Waals surface area contributed by atoms with Crippen molar-refractivity contribution in [1.82, 2.24) is 5.32 Å². The molecule has 1 aliphatic heterocycles. The van der Waals surface area contributed by atoms with Crippen LogP contribution in [0.25, 0.3) is 0 Å². The summed E-state index contributed by atoms with van der Waals surface area (Å²) in [6.07, 6.45) is 1.38. The molecule has 1 heterocycles. The lowest BCUT2D eigenvalue weighted by atomic mass is 10.1. The van der Waals surface area contributed by atoms with E-state index in [1.54, 1.807) is 6.07 Å². The van der Waals surface area contributed by atoms with Crippen LogP contribution in [0.2, 0.25) is 0 Å². The van der Waals surface area contributed by atoms with Gasteiger partial charge in [0.25, 0.3) is 5.91 Å². The summed E-state index contributed by atoms with van der Waals surface area (Å²) in [5.74, 6) is 0.283. The third-order valence-electron chi connectivity index (χ3n) is 3.24. The number of amides is 2. The molecule has 1 aliphatic rings. The fraction of sp³-hybridized carbons (Fsp3) is 0.333. The summed E-state index contributed by atoms with van der Waals surface area (Å²) in [7, 11) is 0. The molecule has 20 heavy (non-hydrogen) atoms. The zero-order valence-corrected chi connectivity index (χ0v) is 11.6. The topological polar surface area (TPSA) is 67.4 Å². The molecule has 1 aromatic rings. The van der Waals surface area contributed by atoms with E-state index >= 15 is 0 Å². The first-order chi connectivity index (χ1) is 9.55. The van der Waals surface area contributed by atoms with E-state index in [0.29, 0.717) is 17.9 Å². The summed E-state index contributed by atoms with van der Waals surface area (Å²) in [5, 5.41) is 5.60. The van der Waals surface area contributed by atoms with Crippen molar-refractivity contribution in [3.63, 3.8) is 0 Å². The number of nitrogens with one attached hydrogen (secondary N) is 2. The summed E-state index contributed by atoms with van der Waals surface area (Å²) in [5.41, 5.74) is 1.57. The van der Waals surface area contributed by atoms with E-state index in [4.69, 9.17) is 4.74 Å². The molecule has 0 aliphatic carbocycles. The van der Waals surface area contributed by atoms with E-state index < -0.39 is 6.10 Å². The molecule has 2 atom stereocenters. The van der Waals surface area contributed by atoms with Crippen LogP contribution >= 0.6 is 0 Å². The molecule has 0 fully saturated rings. The molecule has 2 rings (SSSR count). The quantitative estimate of drug-likeness (QED) is 0.827. The van der Waals surface area contributed by atoms with E-state index in [1.165, 1.54) is 6.08 Å². The van der Waals surface area contributed by atoms with Crippen LogP contribution in [0.1, 0.15) is 31.9 Å². The van der Waals surface area contributed by atoms with Gasteiger partial charge in [-0.05, 0) is 37.1 Å². The van der Waals surface area contributed by atoms with Gasteiger partial charge >= 0.3 is 0 Å². The molecule has 0 spiro atoms. The molecular formula is C15H18N2O3. The molecule has 0 saturated heterocycles. The van der Waals surface area contributed by atoms with Crippen molar-refractivity contribution >= 4 is 17.5 Å². The van der Waals surface area contributed by atoms with Gasteiger partial charge in [0.1, 0.15) is 5.75 Å². The van der Waals surface area contributed by atoms with Crippen molar-refractivity contribution in [2.24, 2.45) is 0 Å². The molecule has 0 radical (unpaired) electrons. The van der Waals surface area contributed by atoms with Crippen molar-refractivity contribution in [1.29, 1.82) is 0 Å². The van der Waals surface area contributed by atoms with Crippen molar-refractivity contribution < 1.29 is 14.3 Å². The minimum absolute atomic E-state index is 0.124. The minimum atomic E-state index is -0.462. The van der Waals surface area contributed by atoms with Gasteiger partial charge in [0.05, 0.1) is 11.7 Å². The van der Waals surface area contributed by atoms with Crippen molar-refractivity contribution in [3.8, 4) is 5.75 Å². The number of fused-ring (bicyclic) bond motifs is 1. The summed E-state index contributed by atoms with van der Waals surface area (Å²) >= 11 is 0. The van der Waals surface area contributed by atoms with Gasteiger partial charge in [-0.3, -0.25) is 9.59 Å². The number of carbonyl (C=O) groups excluding carboxylic acids is 2. The minimum Gasteiger partial charge on any atom is -0.478 e. The van der Waals surface area contributed by atoms with Crippen LogP contribution in [-0.2, 0) is 9.59 Å². The first kappa shape index (κ1) is 14.1. The van der Waals surface area contributed by atoms with Gasteiger partial charge in [-0.15, -0.1) is 0 Å². The van der Waals surface area contributed by atoms with Crippen LogP contribution < -0.4 is 15.4 Å². The van der Waals surface area contributed by atoms with Gasteiger partial charge < -0.3 is 15.4 Å². The Kier molecular flexibility index (Phi) is 4.08. The molecule has 1 aromatic carbocycles. The maximum Gasteiger partial charge on any atom is 0.265 e. The van der Waals surface area contributed by atoms with Gasteiger partial charge in [-0.25, -0.2) is 0 Å². The first-order valence-electron chi connectivity index (χ1n) is 6.59. The standard InChI is InChI=1S/C15H18N2O3/c1-4-12-15(19)17-11-7-6-10(8-13(11)20-12)9(3)16-14(18)5-2/h5-9,12H,2,4H2,1,3H3,(H,16,18)(H,17,19)/t9-,12+/m0/s1. The Labute approximate surface area is 118 Å². The molecule has 0 bridgehead atoms. The van der Waals surface area contributed by atoms with Gasteiger partial charge in [0, 0.05) is 0 Å². The monoisotopic (exact) mass is 274 g/mol. The highest BCUT2D eigenvalue weighted by Crippen LogP contribution is 2.32. The second-order valence-corrected chi connectivity index (χ2v) is 4.69. The van der Waals surface area contributed by atoms with Crippen LogP contribution in [0.4, 0.5) is 5.69 Å². The summed E-state index contributed by atoms with van der Waals surface area (Å²) in [4.78, 5) is 23.0. The zero-order chi connectivity index (χ0) is 14.7. The number of rotatable bonds is 4. The number of anilines is 1. The maximum atomic E-state index is 11.7. The second kappa shape index (κ2) is 5.77. The Hall–Kier alpha value is -2.30. The predicted octanol–water partition coefficient (Wildman–Crippen LogP) is 2.16. The average Bonchev–Trinajstić information content (AvgIpc) is 2.45. The Bertz CT molecular complexity index is 554. The first-order valence-corrected chi connectivity index (χ1v) is 6.59. The normalized spacial score (nSPS) is 18.3. The van der Waals surface area contributed by atoms with Gasteiger partial charge in [0.2, 0.25) is 5.91 Å². The van der Waals surface area contributed by atoms with Crippen LogP contribution in [0.15, 0.2) is 30.9 Å². The summed E-state index contributed by atoms with van der Waals surface area (Å²) in [6.45, 7) is 7.19. The zero-order valence-electron chi connectivity index (χ0n) is 11.6. The lowest BCUT2D eigenvalue weighted by Crippen LogP contribution is -2.36. The number of benzene rings is 1. The van der Waals surface area contributed by atoms with E-state index in [9.17, 15) is 9.59 Å². The number of hydrogen-bond acceptors (Lipinski definition) is 3. The highest BCUT2D eigenvalue weighted by atomic mass is 16.5. The molecule has 5 heteroatoms. The van der Waals surface area contributed by atoms with Crippen molar-refractivity contribution in [2.45, 2.75) is 32.4 Å². The van der Waals surface area contributed by atoms with Gasteiger partial charge in [-0.1, -0.05) is 19.6 Å². The maximum absolute atomic E-state index is 11.7.